The Balaban J connectivity index is 2.65. The first-order valence-corrected chi connectivity index (χ1v) is 5.96. The number of hydrogen-bond acceptors (Lipinski definition) is 3. The largest absolute Gasteiger partial charge is 0.394 e. The number of amides is 2. The van der Waals surface area contributed by atoms with Crippen molar-refractivity contribution in [3.8, 4) is 0 Å². The molecule has 0 radical (unpaired) electrons. The van der Waals surface area contributed by atoms with Gasteiger partial charge in [-0.3, -0.25) is 0 Å². The Bertz CT molecular complexity index is 390. The smallest absolute Gasteiger partial charge is 0.321 e. The molecule has 1 aromatic carbocycles. The van der Waals surface area contributed by atoms with Crippen LogP contribution in [0.15, 0.2) is 24.3 Å². The van der Waals surface area contributed by atoms with Crippen LogP contribution in [0.4, 0.5) is 10.5 Å². The fraction of sp³-hybridized carbons (Fsp3) is 0.462. The van der Waals surface area contributed by atoms with Crippen molar-refractivity contribution >= 4 is 11.7 Å². The van der Waals surface area contributed by atoms with Crippen LogP contribution in [0, 0.1) is 0 Å². The third kappa shape index (κ3) is 3.72. The molecule has 0 fully saturated rings. The van der Waals surface area contributed by atoms with Crippen LogP contribution in [0.2, 0.25) is 0 Å². The van der Waals surface area contributed by atoms with Gasteiger partial charge in [0.1, 0.15) is 0 Å². The van der Waals surface area contributed by atoms with Gasteiger partial charge < -0.3 is 21.1 Å². The molecule has 0 heterocycles. The van der Waals surface area contributed by atoms with E-state index in [0.29, 0.717) is 5.69 Å². The predicted molar refractivity (Wildman–Crippen MR) is 72.4 cm³/mol. The first-order chi connectivity index (χ1) is 8.45. The van der Waals surface area contributed by atoms with Gasteiger partial charge in [0.05, 0.1) is 12.6 Å². The number of carbonyl (C=O) groups is 1. The Morgan fingerprint density at radius 1 is 1.39 bits per heavy atom. The number of anilines is 1. The summed E-state index contributed by atoms with van der Waals surface area (Å²) in [6.07, 6.45) is 0. The summed E-state index contributed by atoms with van der Waals surface area (Å²) in [6.45, 7) is 3.62. The number of benzene rings is 1. The number of aliphatic hydroxyl groups is 1. The Morgan fingerprint density at radius 2 is 1.94 bits per heavy atom. The SMILES string of the molecule is CC(N)c1ccc(NC(=O)N(C)C(C)CO)cc1. The van der Waals surface area contributed by atoms with E-state index in [1.165, 1.54) is 4.90 Å². The van der Waals surface area contributed by atoms with Crippen LogP contribution in [-0.2, 0) is 0 Å². The quantitative estimate of drug-likeness (QED) is 0.759. The molecule has 0 aliphatic carbocycles. The minimum absolute atomic E-state index is 0.0214. The third-order valence-corrected chi connectivity index (χ3v) is 2.93. The van der Waals surface area contributed by atoms with Crippen molar-refractivity contribution in [2.75, 3.05) is 19.0 Å². The zero-order chi connectivity index (χ0) is 13.7. The van der Waals surface area contributed by atoms with Gasteiger partial charge in [-0.15, -0.1) is 0 Å². The molecule has 2 atom stereocenters. The highest BCUT2D eigenvalue weighted by Gasteiger charge is 2.14. The summed E-state index contributed by atoms with van der Waals surface area (Å²) in [5.74, 6) is 0. The number of aliphatic hydroxyl groups excluding tert-OH is 1. The van der Waals surface area contributed by atoms with Crippen molar-refractivity contribution in [1.82, 2.24) is 4.90 Å². The number of nitrogens with zero attached hydrogens (tertiary/aromatic N) is 1. The molecule has 4 N–H and O–H groups in total. The van der Waals surface area contributed by atoms with Gasteiger partial charge in [0.2, 0.25) is 0 Å². The molecule has 100 valence electrons. The van der Waals surface area contributed by atoms with E-state index in [2.05, 4.69) is 5.32 Å². The van der Waals surface area contributed by atoms with Gasteiger partial charge in [0.15, 0.2) is 0 Å². The van der Waals surface area contributed by atoms with Crippen LogP contribution in [0.5, 0.6) is 0 Å². The van der Waals surface area contributed by atoms with Gasteiger partial charge in [0.25, 0.3) is 0 Å². The lowest BCUT2D eigenvalue weighted by Crippen LogP contribution is -2.40. The van der Waals surface area contributed by atoms with Crippen molar-refractivity contribution in [3.05, 3.63) is 29.8 Å². The molecule has 0 aliphatic rings. The van der Waals surface area contributed by atoms with Crippen LogP contribution in [-0.4, -0.2) is 35.7 Å². The molecule has 5 heteroatoms. The van der Waals surface area contributed by atoms with Crippen LogP contribution in [0.25, 0.3) is 0 Å². The Labute approximate surface area is 108 Å². The molecule has 0 spiro atoms. The Morgan fingerprint density at radius 3 is 2.39 bits per heavy atom. The van der Waals surface area contributed by atoms with Crippen LogP contribution in [0.3, 0.4) is 0 Å². The number of likely N-dealkylation sites (N-methyl/N-ethyl adjacent to an activating group) is 1. The molecule has 2 amide bonds. The first kappa shape index (κ1) is 14.5. The van der Waals surface area contributed by atoms with E-state index >= 15 is 0 Å². The second-order valence-electron chi connectivity index (χ2n) is 4.48. The molecular formula is C13H21N3O2. The lowest BCUT2D eigenvalue weighted by molar-refractivity contribution is 0.166. The molecule has 0 bridgehead atoms. The summed E-state index contributed by atoms with van der Waals surface area (Å²) >= 11 is 0. The summed E-state index contributed by atoms with van der Waals surface area (Å²) in [7, 11) is 1.65. The van der Waals surface area contributed by atoms with Gasteiger partial charge in [-0.1, -0.05) is 12.1 Å². The molecule has 2 unspecified atom stereocenters. The highest BCUT2D eigenvalue weighted by molar-refractivity contribution is 5.89. The summed E-state index contributed by atoms with van der Waals surface area (Å²) in [5.41, 5.74) is 7.48. The lowest BCUT2D eigenvalue weighted by Gasteiger charge is -2.23. The third-order valence-electron chi connectivity index (χ3n) is 2.93. The van der Waals surface area contributed by atoms with E-state index in [0.717, 1.165) is 5.56 Å². The minimum atomic E-state index is -0.245. The van der Waals surface area contributed by atoms with Crippen molar-refractivity contribution < 1.29 is 9.90 Å². The molecule has 1 aromatic rings. The van der Waals surface area contributed by atoms with Gasteiger partial charge in [0, 0.05) is 18.8 Å². The molecule has 5 nitrogen and oxygen atoms in total. The van der Waals surface area contributed by atoms with E-state index in [4.69, 9.17) is 10.8 Å². The van der Waals surface area contributed by atoms with E-state index in [-0.39, 0.29) is 24.7 Å². The van der Waals surface area contributed by atoms with E-state index in [1.807, 2.05) is 31.2 Å². The van der Waals surface area contributed by atoms with E-state index in [9.17, 15) is 4.79 Å². The second kappa shape index (κ2) is 6.37. The maximum atomic E-state index is 11.8. The molecule has 0 saturated heterocycles. The van der Waals surface area contributed by atoms with Crippen molar-refractivity contribution in [3.63, 3.8) is 0 Å². The number of urea groups is 1. The highest BCUT2D eigenvalue weighted by atomic mass is 16.3. The van der Waals surface area contributed by atoms with Gasteiger partial charge >= 0.3 is 6.03 Å². The zero-order valence-electron chi connectivity index (χ0n) is 11.1. The number of carbonyl (C=O) groups excluding carboxylic acids is 1. The topological polar surface area (TPSA) is 78.6 Å². The molecular weight excluding hydrogens is 230 g/mol. The number of rotatable bonds is 4. The van der Waals surface area contributed by atoms with Crippen molar-refractivity contribution in [2.24, 2.45) is 5.73 Å². The summed E-state index contributed by atoms with van der Waals surface area (Å²) in [6, 6.07) is 6.92. The fourth-order valence-corrected chi connectivity index (χ4v) is 1.40. The number of nitrogens with one attached hydrogen (secondary N) is 1. The maximum Gasteiger partial charge on any atom is 0.321 e. The van der Waals surface area contributed by atoms with Crippen LogP contribution >= 0.6 is 0 Å². The van der Waals surface area contributed by atoms with Gasteiger partial charge in [-0.05, 0) is 31.5 Å². The molecule has 1 rings (SSSR count). The van der Waals surface area contributed by atoms with Crippen molar-refractivity contribution in [1.29, 1.82) is 0 Å². The number of nitrogens with two attached hydrogens (primary N) is 1. The summed E-state index contributed by atoms with van der Waals surface area (Å²) < 4.78 is 0. The Hall–Kier alpha value is -1.59. The zero-order valence-corrected chi connectivity index (χ0v) is 11.1. The second-order valence-corrected chi connectivity index (χ2v) is 4.48. The predicted octanol–water partition coefficient (Wildman–Crippen LogP) is 1.55. The fourth-order valence-electron chi connectivity index (χ4n) is 1.40. The first-order valence-electron chi connectivity index (χ1n) is 5.96. The van der Waals surface area contributed by atoms with Crippen LogP contribution < -0.4 is 11.1 Å². The highest BCUT2D eigenvalue weighted by Crippen LogP contribution is 2.14. The molecule has 0 aliphatic heterocycles. The van der Waals surface area contributed by atoms with Crippen molar-refractivity contribution in [2.45, 2.75) is 25.9 Å². The summed E-state index contributed by atoms with van der Waals surface area (Å²) in [4.78, 5) is 13.3. The summed E-state index contributed by atoms with van der Waals surface area (Å²) in [5, 5.41) is 11.7. The monoisotopic (exact) mass is 251 g/mol. The van der Waals surface area contributed by atoms with Gasteiger partial charge in [-0.2, -0.15) is 0 Å². The molecule has 18 heavy (non-hydrogen) atoms. The van der Waals surface area contributed by atoms with Gasteiger partial charge in [-0.25, -0.2) is 4.79 Å². The Kier molecular flexibility index (Phi) is 5.12. The van der Waals surface area contributed by atoms with Crippen LogP contribution in [0.1, 0.15) is 25.5 Å². The average molecular weight is 251 g/mol. The minimum Gasteiger partial charge on any atom is -0.394 e. The standard InChI is InChI=1S/C13H21N3O2/c1-9(8-17)16(3)13(18)15-12-6-4-11(5-7-12)10(2)14/h4-7,9-10,17H,8,14H2,1-3H3,(H,15,18). The maximum absolute atomic E-state index is 11.8. The molecule has 0 saturated carbocycles. The number of hydrogen-bond donors (Lipinski definition) is 3. The van der Waals surface area contributed by atoms with E-state index in [1.54, 1.807) is 14.0 Å². The average Bonchev–Trinajstić information content (AvgIpc) is 2.37. The normalized spacial score (nSPS) is 13.8. The molecule has 0 aromatic heterocycles. The van der Waals surface area contributed by atoms with E-state index < -0.39 is 0 Å². The lowest BCUT2D eigenvalue weighted by atomic mass is 10.1.